The molecule has 32 heavy (non-hydrogen) atoms. The highest BCUT2D eigenvalue weighted by Gasteiger charge is 2.36. The zero-order valence-corrected chi connectivity index (χ0v) is 18.5. The number of benzene rings is 2. The molecule has 6 rings (SSSR count). The number of aromatic nitrogens is 2. The smallest absolute Gasteiger partial charge is 0.250 e. The first-order chi connectivity index (χ1) is 15.6. The second kappa shape index (κ2) is 7.88. The standard InChI is InChI=1S/C27H24ClN3O/c28-23-7-5-20(6-8-23)24-9-10-26(32)31-16-19-12-22(27(24)31)17-30(15-19)14-18-11-21-3-1-2-4-25(21)29-13-18/h1-11,13,19,22H,12,14-17H2/t19-,22+/m0/s1. The molecule has 2 aromatic carbocycles. The molecule has 0 radical (unpaired) electrons. The van der Waals surface area contributed by atoms with Crippen LogP contribution in [-0.4, -0.2) is 27.5 Å². The largest absolute Gasteiger partial charge is 0.311 e. The molecule has 2 aliphatic heterocycles. The van der Waals surface area contributed by atoms with Crippen molar-refractivity contribution in [2.75, 3.05) is 13.1 Å². The van der Waals surface area contributed by atoms with Crippen molar-refractivity contribution in [3.05, 3.63) is 99.6 Å². The summed E-state index contributed by atoms with van der Waals surface area (Å²) in [5.41, 5.74) is 5.84. The summed E-state index contributed by atoms with van der Waals surface area (Å²) in [6.45, 7) is 3.64. The summed E-state index contributed by atoms with van der Waals surface area (Å²) in [5.74, 6) is 0.836. The van der Waals surface area contributed by atoms with Crippen molar-refractivity contribution in [3.8, 4) is 11.1 Å². The molecule has 2 aliphatic rings. The van der Waals surface area contributed by atoms with Crippen molar-refractivity contribution in [3.63, 3.8) is 0 Å². The van der Waals surface area contributed by atoms with Gasteiger partial charge in [0.1, 0.15) is 0 Å². The van der Waals surface area contributed by atoms with Gasteiger partial charge >= 0.3 is 0 Å². The highest BCUT2D eigenvalue weighted by molar-refractivity contribution is 6.30. The number of likely N-dealkylation sites (tertiary alicyclic amines) is 1. The summed E-state index contributed by atoms with van der Waals surface area (Å²) in [5, 5.41) is 1.91. The Morgan fingerprint density at radius 1 is 0.969 bits per heavy atom. The van der Waals surface area contributed by atoms with Crippen LogP contribution >= 0.6 is 11.6 Å². The summed E-state index contributed by atoms with van der Waals surface area (Å²) >= 11 is 6.12. The Morgan fingerprint density at radius 2 is 1.81 bits per heavy atom. The van der Waals surface area contributed by atoms with Crippen LogP contribution in [0, 0.1) is 5.92 Å². The molecule has 2 atom stereocenters. The maximum absolute atomic E-state index is 12.7. The van der Waals surface area contributed by atoms with E-state index >= 15 is 0 Å². The molecule has 2 aromatic heterocycles. The van der Waals surface area contributed by atoms with Crippen LogP contribution in [-0.2, 0) is 13.1 Å². The predicted molar refractivity (Wildman–Crippen MR) is 129 cm³/mol. The maximum atomic E-state index is 12.7. The number of rotatable bonds is 3. The van der Waals surface area contributed by atoms with Crippen LogP contribution < -0.4 is 5.56 Å². The minimum absolute atomic E-state index is 0.111. The predicted octanol–water partition coefficient (Wildman–Crippen LogP) is 5.34. The summed E-state index contributed by atoms with van der Waals surface area (Å²) in [7, 11) is 0. The van der Waals surface area contributed by atoms with Crippen molar-refractivity contribution >= 4 is 22.5 Å². The highest BCUT2D eigenvalue weighted by atomic mass is 35.5. The van der Waals surface area contributed by atoms with Crippen molar-refractivity contribution < 1.29 is 0 Å². The number of hydrogen-bond acceptors (Lipinski definition) is 3. The lowest BCUT2D eigenvalue weighted by molar-refractivity contribution is 0.114. The summed E-state index contributed by atoms with van der Waals surface area (Å²) in [6, 6.07) is 22.2. The molecule has 4 aromatic rings. The minimum atomic E-state index is 0.111. The first-order valence-corrected chi connectivity index (χ1v) is 11.6. The topological polar surface area (TPSA) is 38.1 Å². The van der Waals surface area contributed by atoms with Gasteiger partial charge in [-0.15, -0.1) is 0 Å². The fourth-order valence-corrected chi connectivity index (χ4v) is 5.70. The third-order valence-electron chi connectivity index (χ3n) is 6.87. The van der Waals surface area contributed by atoms with E-state index in [4.69, 9.17) is 11.6 Å². The van der Waals surface area contributed by atoms with Crippen molar-refractivity contribution in [1.82, 2.24) is 14.5 Å². The summed E-state index contributed by atoms with van der Waals surface area (Å²) in [6.07, 6.45) is 3.14. The molecule has 4 heterocycles. The van der Waals surface area contributed by atoms with Gasteiger partial charge in [-0.25, -0.2) is 0 Å². The fraction of sp³-hybridized carbons (Fsp3) is 0.259. The van der Waals surface area contributed by atoms with E-state index in [1.54, 1.807) is 6.07 Å². The van der Waals surface area contributed by atoms with E-state index in [0.29, 0.717) is 11.8 Å². The van der Waals surface area contributed by atoms with Gasteiger partial charge in [0.15, 0.2) is 0 Å². The van der Waals surface area contributed by atoms with Gasteiger partial charge in [-0.2, -0.15) is 0 Å². The lowest BCUT2D eigenvalue weighted by Crippen LogP contribution is -2.47. The van der Waals surface area contributed by atoms with Gasteiger partial charge in [0, 0.05) is 66.0 Å². The molecule has 160 valence electrons. The average molecular weight is 442 g/mol. The molecule has 1 fully saturated rings. The summed E-state index contributed by atoms with van der Waals surface area (Å²) in [4.78, 5) is 19.9. The molecule has 0 spiro atoms. The Balaban J connectivity index is 1.33. The van der Waals surface area contributed by atoms with Gasteiger partial charge < -0.3 is 4.57 Å². The van der Waals surface area contributed by atoms with E-state index in [9.17, 15) is 4.79 Å². The van der Waals surface area contributed by atoms with E-state index in [-0.39, 0.29) is 5.56 Å². The average Bonchev–Trinajstić information content (AvgIpc) is 2.80. The third kappa shape index (κ3) is 3.54. The molecule has 0 unspecified atom stereocenters. The van der Waals surface area contributed by atoms with Crippen LogP contribution in [0.4, 0.5) is 0 Å². The van der Waals surface area contributed by atoms with Gasteiger partial charge in [-0.1, -0.05) is 41.9 Å². The first kappa shape index (κ1) is 19.7. The zero-order valence-electron chi connectivity index (χ0n) is 17.7. The molecule has 0 N–H and O–H groups in total. The molecule has 5 heteroatoms. The number of halogens is 1. The van der Waals surface area contributed by atoms with E-state index in [2.05, 4.69) is 46.3 Å². The Kier molecular flexibility index (Phi) is 4.85. The summed E-state index contributed by atoms with van der Waals surface area (Å²) < 4.78 is 2.03. The number of fused-ring (bicyclic) bond motifs is 5. The maximum Gasteiger partial charge on any atom is 0.250 e. The van der Waals surface area contributed by atoms with Gasteiger partial charge in [0.2, 0.25) is 0 Å². The Hall–Kier alpha value is -2.95. The highest BCUT2D eigenvalue weighted by Crippen LogP contribution is 2.40. The second-order valence-corrected chi connectivity index (χ2v) is 9.55. The van der Waals surface area contributed by atoms with Crippen LogP contribution in [0.25, 0.3) is 22.0 Å². The van der Waals surface area contributed by atoms with E-state index in [0.717, 1.165) is 54.3 Å². The van der Waals surface area contributed by atoms with Crippen LogP contribution in [0.1, 0.15) is 23.6 Å². The first-order valence-electron chi connectivity index (χ1n) is 11.2. The zero-order chi connectivity index (χ0) is 21.7. The Labute approximate surface area is 192 Å². The van der Waals surface area contributed by atoms with E-state index in [1.165, 1.54) is 16.6 Å². The number of para-hydroxylation sites is 1. The molecular formula is C27H24ClN3O. The number of piperidine rings is 1. The lowest BCUT2D eigenvalue weighted by Gasteiger charge is -2.43. The Morgan fingerprint density at radius 3 is 2.69 bits per heavy atom. The number of pyridine rings is 2. The van der Waals surface area contributed by atoms with E-state index in [1.807, 2.05) is 35.0 Å². The SMILES string of the molecule is O=c1ccc(-c2ccc(Cl)cc2)c2n1C[C@H]1C[C@@H]2CN(Cc2cnc3ccccc3c2)C1. The van der Waals surface area contributed by atoms with Crippen LogP contribution in [0.15, 0.2) is 77.7 Å². The van der Waals surface area contributed by atoms with Crippen LogP contribution in [0.3, 0.4) is 0 Å². The van der Waals surface area contributed by atoms with Gasteiger partial charge in [-0.3, -0.25) is 14.7 Å². The lowest BCUT2D eigenvalue weighted by atomic mass is 9.80. The molecule has 0 aliphatic carbocycles. The molecular weight excluding hydrogens is 418 g/mol. The van der Waals surface area contributed by atoms with Crippen LogP contribution in [0.5, 0.6) is 0 Å². The quantitative estimate of drug-likeness (QED) is 0.431. The third-order valence-corrected chi connectivity index (χ3v) is 7.13. The normalized spacial score (nSPS) is 20.3. The van der Waals surface area contributed by atoms with Crippen molar-refractivity contribution in [1.29, 1.82) is 0 Å². The minimum Gasteiger partial charge on any atom is -0.311 e. The molecule has 0 saturated carbocycles. The molecule has 4 nitrogen and oxygen atoms in total. The van der Waals surface area contributed by atoms with Gasteiger partial charge in [-0.05, 0) is 53.8 Å². The molecule has 1 saturated heterocycles. The van der Waals surface area contributed by atoms with Crippen LogP contribution in [0.2, 0.25) is 5.02 Å². The monoisotopic (exact) mass is 441 g/mol. The fourth-order valence-electron chi connectivity index (χ4n) is 5.58. The van der Waals surface area contributed by atoms with E-state index < -0.39 is 0 Å². The molecule has 2 bridgehead atoms. The van der Waals surface area contributed by atoms with Gasteiger partial charge in [0.25, 0.3) is 5.56 Å². The van der Waals surface area contributed by atoms with Gasteiger partial charge in [0.05, 0.1) is 5.52 Å². The second-order valence-electron chi connectivity index (χ2n) is 9.12. The number of nitrogens with zero attached hydrogens (tertiary/aromatic N) is 3. The number of hydrogen-bond donors (Lipinski definition) is 0. The van der Waals surface area contributed by atoms with Crippen molar-refractivity contribution in [2.45, 2.75) is 25.4 Å². The molecule has 0 amide bonds. The van der Waals surface area contributed by atoms with Crippen molar-refractivity contribution in [2.24, 2.45) is 5.92 Å². The Bertz CT molecular complexity index is 1360.